The molecule has 0 bridgehead atoms. The quantitative estimate of drug-likeness (QED) is 0.331. The monoisotopic (exact) mass is 490 g/mol. The van der Waals surface area contributed by atoms with Gasteiger partial charge in [-0.15, -0.1) is 0 Å². The van der Waals surface area contributed by atoms with Crippen LogP contribution in [0.25, 0.3) is 27.7 Å². The Morgan fingerprint density at radius 1 is 0.632 bits per heavy atom. The number of hydrogen-bond donors (Lipinski definition) is 0. The highest BCUT2D eigenvalue weighted by Crippen LogP contribution is 2.29. The zero-order valence-corrected chi connectivity index (χ0v) is 19.6. The molecule has 1 heterocycles. The minimum Gasteiger partial charge on any atom is -0.457 e. The summed E-state index contributed by atoms with van der Waals surface area (Å²) < 4.78 is 7.09. The van der Waals surface area contributed by atoms with Gasteiger partial charge in [-0.1, -0.05) is 18.2 Å². The van der Waals surface area contributed by atoms with Gasteiger partial charge in [0, 0.05) is 10.9 Å². The van der Waals surface area contributed by atoms with E-state index in [2.05, 4.69) is 5.10 Å². The van der Waals surface area contributed by atoms with Crippen molar-refractivity contribution < 1.29 is 4.74 Å². The van der Waals surface area contributed by atoms with Crippen LogP contribution in [0.1, 0.15) is 22.3 Å². The topological polar surface area (TPSA) is 139 Å². The Morgan fingerprint density at radius 3 is 1.87 bits per heavy atom. The van der Waals surface area contributed by atoms with Crippen LogP contribution in [0.2, 0.25) is 0 Å². The fourth-order valence-electron chi connectivity index (χ4n) is 4.03. The maximum atomic E-state index is 13.3. The second kappa shape index (κ2) is 9.80. The number of fused-ring (bicyclic) bond motifs is 1. The third kappa shape index (κ3) is 4.18. The minimum atomic E-state index is -0.355. The zero-order valence-electron chi connectivity index (χ0n) is 19.6. The Labute approximate surface area is 216 Å². The van der Waals surface area contributed by atoms with Gasteiger partial charge in [-0.05, 0) is 66.7 Å². The van der Waals surface area contributed by atoms with Gasteiger partial charge in [0.05, 0.1) is 39.0 Å². The fourth-order valence-corrected chi connectivity index (χ4v) is 4.03. The van der Waals surface area contributed by atoms with Crippen molar-refractivity contribution in [1.82, 2.24) is 9.78 Å². The van der Waals surface area contributed by atoms with Crippen LogP contribution in [0, 0.1) is 45.3 Å². The molecule has 0 saturated carbocycles. The van der Waals surface area contributed by atoms with Crippen molar-refractivity contribution in [2.45, 2.75) is 0 Å². The average molecular weight is 490 g/mol. The van der Waals surface area contributed by atoms with Crippen molar-refractivity contribution >= 4 is 10.8 Å². The van der Waals surface area contributed by atoms with Crippen LogP contribution >= 0.6 is 0 Å². The van der Waals surface area contributed by atoms with Crippen molar-refractivity contribution in [2.24, 2.45) is 0 Å². The van der Waals surface area contributed by atoms with Gasteiger partial charge in [-0.3, -0.25) is 4.79 Å². The van der Waals surface area contributed by atoms with E-state index < -0.39 is 0 Å². The summed E-state index contributed by atoms with van der Waals surface area (Å²) in [5.41, 5.74) is 2.13. The highest BCUT2D eigenvalue weighted by molar-refractivity contribution is 5.94. The number of benzene rings is 4. The van der Waals surface area contributed by atoms with Crippen LogP contribution in [-0.4, -0.2) is 9.78 Å². The van der Waals surface area contributed by atoms with E-state index in [1.165, 1.54) is 28.9 Å². The Hall–Kier alpha value is -6.22. The first-order chi connectivity index (χ1) is 18.6. The predicted octanol–water partition coefficient (Wildman–Crippen LogP) is 5.33. The number of rotatable bonds is 4. The van der Waals surface area contributed by atoms with Gasteiger partial charge in [0.1, 0.15) is 35.8 Å². The first-order valence-corrected chi connectivity index (χ1v) is 11.3. The summed E-state index contributed by atoms with van der Waals surface area (Å²) in [6.07, 6.45) is 0. The summed E-state index contributed by atoms with van der Waals surface area (Å²) in [4.78, 5) is 13.3. The van der Waals surface area contributed by atoms with Crippen LogP contribution in [-0.2, 0) is 0 Å². The molecule has 0 aliphatic rings. The number of ether oxygens (including phenoxy) is 1. The molecule has 0 aliphatic heterocycles. The predicted molar refractivity (Wildman–Crippen MR) is 138 cm³/mol. The molecule has 0 fully saturated rings. The van der Waals surface area contributed by atoms with Crippen molar-refractivity contribution in [2.75, 3.05) is 0 Å². The van der Waals surface area contributed by atoms with Crippen molar-refractivity contribution in [3.05, 3.63) is 118 Å². The molecule has 0 N–H and O–H groups in total. The molecule has 0 radical (unpaired) electrons. The van der Waals surface area contributed by atoms with Crippen LogP contribution < -0.4 is 10.3 Å². The average Bonchev–Trinajstić information content (AvgIpc) is 2.97. The molecule has 5 aromatic rings. The highest BCUT2D eigenvalue weighted by Gasteiger charge is 2.15. The maximum absolute atomic E-state index is 13.3. The van der Waals surface area contributed by atoms with E-state index >= 15 is 0 Å². The molecule has 5 rings (SSSR count). The largest absolute Gasteiger partial charge is 0.457 e. The van der Waals surface area contributed by atoms with E-state index in [1.807, 2.05) is 36.4 Å². The van der Waals surface area contributed by atoms with E-state index in [0.29, 0.717) is 39.2 Å². The van der Waals surface area contributed by atoms with Crippen LogP contribution in [0.3, 0.4) is 0 Å². The second-order valence-corrected chi connectivity index (χ2v) is 8.12. The molecule has 0 atom stereocenters. The van der Waals surface area contributed by atoms with Gasteiger partial charge in [0.25, 0.3) is 5.56 Å². The Morgan fingerprint density at radius 2 is 1.21 bits per heavy atom. The van der Waals surface area contributed by atoms with E-state index in [1.54, 1.807) is 48.5 Å². The van der Waals surface area contributed by atoms with Crippen LogP contribution in [0.15, 0.2) is 89.7 Å². The third-order valence-electron chi connectivity index (χ3n) is 5.89. The highest BCUT2D eigenvalue weighted by atomic mass is 16.5. The molecule has 0 spiro atoms. The molecule has 8 nitrogen and oxygen atoms in total. The number of nitriles is 4. The number of aromatic nitrogens is 2. The zero-order chi connectivity index (χ0) is 26.6. The number of nitrogens with zero attached hydrogens (tertiary/aromatic N) is 6. The lowest BCUT2D eigenvalue weighted by Crippen LogP contribution is -2.22. The summed E-state index contributed by atoms with van der Waals surface area (Å²) in [5.74, 6) is 0.922. The standard InChI is InChI=1S/C30H14N6O2/c31-15-20-5-9-24(13-22(20)17-33)36-30(37)28-4-2-1-3-27(28)29(35-36)19-6-10-25(11-7-19)38-26-12-8-21(16-32)23(14-26)18-34/h1-14H. The normalized spacial score (nSPS) is 10.1. The first kappa shape index (κ1) is 23.5. The van der Waals surface area contributed by atoms with Gasteiger partial charge in [0.2, 0.25) is 0 Å². The molecule has 0 aliphatic carbocycles. The van der Waals surface area contributed by atoms with Crippen LogP contribution in [0.4, 0.5) is 0 Å². The lowest BCUT2D eigenvalue weighted by Gasteiger charge is -2.12. The van der Waals surface area contributed by atoms with Gasteiger partial charge < -0.3 is 4.74 Å². The first-order valence-electron chi connectivity index (χ1n) is 11.3. The molecule has 0 amide bonds. The summed E-state index contributed by atoms with van der Waals surface area (Å²) >= 11 is 0. The van der Waals surface area contributed by atoms with E-state index in [0.717, 1.165) is 0 Å². The number of hydrogen-bond acceptors (Lipinski definition) is 7. The lowest BCUT2D eigenvalue weighted by atomic mass is 10.0. The SMILES string of the molecule is N#Cc1ccc(Oc2ccc(-c3nn(-c4ccc(C#N)c(C#N)c4)c(=O)c4ccccc34)cc2)cc1C#N. The Balaban J connectivity index is 1.58. The van der Waals surface area contributed by atoms with Crippen molar-refractivity contribution in [3.8, 4) is 52.7 Å². The van der Waals surface area contributed by atoms with E-state index in [4.69, 9.17) is 10.00 Å². The minimum absolute atomic E-state index is 0.150. The molecule has 38 heavy (non-hydrogen) atoms. The summed E-state index contributed by atoms with van der Waals surface area (Å²) in [6, 6.07) is 31.3. The molecular formula is C30H14N6O2. The Kier molecular flexibility index (Phi) is 6.06. The smallest absolute Gasteiger partial charge is 0.279 e. The molecular weight excluding hydrogens is 476 g/mol. The second-order valence-electron chi connectivity index (χ2n) is 8.12. The third-order valence-corrected chi connectivity index (χ3v) is 5.89. The van der Waals surface area contributed by atoms with Gasteiger partial charge in [-0.2, -0.15) is 30.8 Å². The van der Waals surface area contributed by atoms with Crippen molar-refractivity contribution in [1.29, 1.82) is 21.0 Å². The molecule has 8 heteroatoms. The summed E-state index contributed by atoms with van der Waals surface area (Å²) in [5, 5.41) is 42.8. The lowest BCUT2D eigenvalue weighted by molar-refractivity contribution is 0.482. The molecule has 1 aromatic heterocycles. The van der Waals surface area contributed by atoms with Crippen molar-refractivity contribution in [3.63, 3.8) is 0 Å². The Bertz CT molecular complexity index is 1960. The fraction of sp³-hybridized carbons (Fsp3) is 0. The molecule has 4 aromatic carbocycles. The van der Waals surface area contributed by atoms with E-state index in [-0.39, 0.29) is 27.8 Å². The summed E-state index contributed by atoms with van der Waals surface area (Å²) in [7, 11) is 0. The molecule has 0 unspecified atom stereocenters. The van der Waals surface area contributed by atoms with Gasteiger partial charge in [0.15, 0.2) is 0 Å². The maximum Gasteiger partial charge on any atom is 0.279 e. The summed E-state index contributed by atoms with van der Waals surface area (Å²) in [6.45, 7) is 0. The van der Waals surface area contributed by atoms with Gasteiger partial charge in [-0.25, -0.2) is 0 Å². The molecule has 176 valence electrons. The van der Waals surface area contributed by atoms with E-state index in [9.17, 15) is 20.6 Å². The molecule has 0 saturated heterocycles. The van der Waals surface area contributed by atoms with Crippen LogP contribution in [0.5, 0.6) is 11.5 Å². The van der Waals surface area contributed by atoms with Gasteiger partial charge >= 0.3 is 0 Å².